The van der Waals surface area contributed by atoms with Gasteiger partial charge >= 0.3 is 5.97 Å². The summed E-state index contributed by atoms with van der Waals surface area (Å²) in [7, 11) is 4.10. The summed E-state index contributed by atoms with van der Waals surface area (Å²) in [5, 5.41) is 10.1. The number of para-hydroxylation sites is 1. The summed E-state index contributed by atoms with van der Waals surface area (Å²) < 4.78 is 2.29. The van der Waals surface area contributed by atoms with Crippen LogP contribution in [-0.2, 0) is 19.6 Å². The van der Waals surface area contributed by atoms with E-state index in [4.69, 9.17) is 11.6 Å². The fraction of sp³-hybridized carbons (Fsp3) is 0.143. The van der Waals surface area contributed by atoms with E-state index >= 15 is 0 Å². The highest BCUT2D eigenvalue weighted by molar-refractivity contribution is 6.35. The summed E-state index contributed by atoms with van der Waals surface area (Å²) in [4.78, 5) is 30.0. The molecule has 1 aliphatic rings. The van der Waals surface area contributed by atoms with Crippen LogP contribution in [0.15, 0.2) is 103 Å². The number of fused-ring (bicyclic) bond motifs is 2. The van der Waals surface area contributed by atoms with E-state index in [1.54, 1.807) is 30.3 Å². The fourth-order valence-electron chi connectivity index (χ4n) is 5.74. The van der Waals surface area contributed by atoms with Crippen LogP contribution in [0.3, 0.4) is 0 Å². The largest absolute Gasteiger partial charge is 0.478 e. The molecule has 6 nitrogen and oxygen atoms in total. The Bertz CT molecular complexity index is 1820. The van der Waals surface area contributed by atoms with Gasteiger partial charge in [0.25, 0.3) is 5.91 Å². The number of aromatic nitrogens is 1. The van der Waals surface area contributed by atoms with Crippen LogP contribution in [0.1, 0.15) is 37.7 Å². The molecule has 1 aliphatic heterocycles. The zero-order valence-corrected chi connectivity index (χ0v) is 24.2. The van der Waals surface area contributed by atoms with Gasteiger partial charge in [-0.05, 0) is 78.3 Å². The lowest BCUT2D eigenvalue weighted by molar-refractivity contribution is 0.0697. The molecule has 6 rings (SSSR count). The summed E-state index contributed by atoms with van der Waals surface area (Å²) >= 11 is 6.85. The molecule has 0 spiro atoms. The lowest BCUT2D eigenvalue weighted by Gasteiger charge is -2.23. The molecule has 0 unspecified atom stereocenters. The van der Waals surface area contributed by atoms with Crippen molar-refractivity contribution in [3.05, 3.63) is 136 Å². The van der Waals surface area contributed by atoms with Crippen molar-refractivity contribution in [2.45, 2.75) is 19.6 Å². The highest BCUT2D eigenvalue weighted by Gasteiger charge is 2.27. The summed E-state index contributed by atoms with van der Waals surface area (Å²) in [5.74, 6) is -1.16. The third-order valence-electron chi connectivity index (χ3n) is 7.70. The standard InChI is InChI=1S/C35H30ClN3O3/c1-37(2)21-25-16-17-26-22-39(33-14-8-3-9-24(33)20-38(25)26)34(40)31-18-15-23(19-32(31)36)27-10-4-5-11-28(27)29-12-6-7-13-30(29)35(41)42/h3-19H,20-22H2,1-2H3,(H,41,42). The van der Waals surface area contributed by atoms with Crippen LogP contribution in [0.4, 0.5) is 5.69 Å². The highest BCUT2D eigenvalue weighted by Crippen LogP contribution is 2.37. The number of halogens is 1. The Morgan fingerprint density at radius 3 is 2.21 bits per heavy atom. The molecule has 2 heterocycles. The van der Waals surface area contributed by atoms with Gasteiger partial charge in [-0.3, -0.25) is 4.79 Å². The Morgan fingerprint density at radius 1 is 0.786 bits per heavy atom. The smallest absolute Gasteiger partial charge is 0.336 e. The summed E-state index contributed by atoms with van der Waals surface area (Å²) in [6, 6.07) is 32.3. The van der Waals surface area contributed by atoms with Gasteiger partial charge in [-0.15, -0.1) is 0 Å². The van der Waals surface area contributed by atoms with Crippen molar-refractivity contribution in [1.29, 1.82) is 0 Å². The maximum absolute atomic E-state index is 14.1. The molecule has 0 atom stereocenters. The van der Waals surface area contributed by atoms with E-state index in [9.17, 15) is 14.7 Å². The SMILES string of the molecule is CN(C)Cc1ccc2n1Cc1ccccc1N(C(=O)c1ccc(-c3ccccc3-c3ccccc3C(=O)O)cc1Cl)C2. The number of hydrogen-bond acceptors (Lipinski definition) is 3. The highest BCUT2D eigenvalue weighted by atomic mass is 35.5. The first-order chi connectivity index (χ1) is 20.3. The van der Waals surface area contributed by atoms with E-state index in [2.05, 4.69) is 41.8 Å². The molecule has 0 fully saturated rings. The molecule has 1 aromatic heterocycles. The second-order valence-electron chi connectivity index (χ2n) is 10.8. The van der Waals surface area contributed by atoms with Crippen LogP contribution in [0.25, 0.3) is 22.3 Å². The van der Waals surface area contributed by atoms with Gasteiger partial charge in [0.05, 0.1) is 22.7 Å². The fourth-order valence-corrected chi connectivity index (χ4v) is 6.00. The Hall–Kier alpha value is -4.65. The Balaban J connectivity index is 1.38. The number of anilines is 1. The van der Waals surface area contributed by atoms with Gasteiger partial charge in [-0.25, -0.2) is 4.79 Å². The van der Waals surface area contributed by atoms with Crippen molar-refractivity contribution in [2.24, 2.45) is 0 Å². The van der Waals surface area contributed by atoms with Crippen molar-refractivity contribution < 1.29 is 14.7 Å². The first kappa shape index (κ1) is 27.5. The molecule has 1 N–H and O–H groups in total. The van der Waals surface area contributed by atoms with Gasteiger partial charge < -0.3 is 19.5 Å². The molecule has 0 aliphatic carbocycles. The Labute approximate surface area is 250 Å². The molecule has 0 saturated heterocycles. The number of benzene rings is 4. The average molecular weight is 576 g/mol. The van der Waals surface area contributed by atoms with Gasteiger partial charge in [0, 0.05) is 30.2 Å². The van der Waals surface area contributed by atoms with Crippen molar-refractivity contribution in [1.82, 2.24) is 9.47 Å². The predicted octanol–water partition coefficient (Wildman–Crippen LogP) is 7.44. The zero-order valence-electron chi connectivity index (χ0n) is 23.4. The van der Waals surface area contributed by atoms with Crippen molar-refractivity contribution >= 4 is 29.2 Å². The predicted molar refractivity (Wildman–Crippen MR) is 167 cm³/mol. The lowest BCUT2D eigenvalue weighted by atomic mass is 9.91. The summed E-state index contributed by atoms with van der Waals surface area (Å²) in [6.07, 6.45) is 0. The van der Waals surface area contributed by atoms with Crippen LogP contribution in [0.5, 0.6) is 0 Å². The van der Waals surface area contributed by atoms with Crippen molar-refractivity contribution in [3.63, 3.8) is 0 Å². The molecule has 5 aromatic rings. The first-order valence-electron chi connectivity index (χ1n) is 13.7. The molecule has 0 saturated carbocycles. The third kappa shape index (κ3) is 5.11. The lowest BCUT2D eigenvalue weighted by Crippen LogP contribution is -2.30. The van der Waals surface area contributed by atoms with Crippen molar-refractivity contribution in [2.75, 3.05) is 19.0 Å². The molecular formula is C35H30ClN3O3. The Morgan fingerprint density at radius 2 is 1.48 bits per heavy atom. The van der Waals surface area contributed by atoms with Gasteiger partial charge in [0.2, 0.25) is 0 Å². The normalized spacial score (nSPS) is 12.5. The molecule has 210 valence electrons. The second-order valence-corrected chi connectivity index (χ2v) is 11.2. The van der Waals surface area contributed by atoms with Crippen LogP contribution in [0, 0.1) is 0 Å². The van der Waals surface area contributed by atoms with Crippen LogP contribution in [-0.4, -0.2) is 40.5 Å². The van der Waals surface area contributed by atoms with Crippen LogP contribution in [0.2, 0.25) is 5.02 Å². The number of hydrogen-bond donors (Lipinski definition) is 1. The minimum atomic E-state index is -0.989. The van der Waals surface area contributed by atoms with Gasteiger partial charge in [0.15, 0.2) is 0 Å². The molecule has 0 bridgehead atoms. The number of carbonyl (C=O) groups excluding carboxylic acids is 1. The molecule has 7 heteroatoms. The molecule has 0 radical (unpaired) electrons. The maximum atomic E-state index is 14.1. The van der Waals surface area contributed by atoms with E-state index in [0.717, 1.165) is 40.2 Å². The molecule has 42 heavy (non-hydrogen) atoms. The number of carboxylic acids is 1. The summed E-state index contributed by atoms with van der Waals surface area (Å²) in [5.41, 5.74) is 7.87. The monoisotopic (exact) mass is 575 g/mol. The topological polar surface area (TPSA) is 65.8 Å². The first-order valence-corrected chi connectivity index (χ1v) is 14.1. The van der Waals surface area contributed by atoms with E-state index in [1.165, 1.54) is 5.69 Å². The molecule has 1 amide bonds. The minimum absolute atomic E-state index is 0.174. The second kappa shape index (κ2) is 11.3. The zero-order chi connectivity index (χ0) is 29.4. The summed E-state index contributed by atoms with van der Waals surface area (Å²) in [6.45, 7) is 1.92. The Kier molecular flexibility index (Phi) is 7.42. The maximum Gasteiger partial charge on any atom is 0.336 e. The number of aromatic carboxylic acids is 1. The number of amides is 1. The van der Waals surface area contributed by atoms with Crippen LogP contribution >= 0.6 is 11.6 Å². The third-order valence-corrected chi connectivity index (χ3v) is 8.01. The number of carboxylic acid groups (broad SMARTS) is 1. The van der Waals surface area contributed by atoms with E-state index in [0.29, 0.717) is 29.2 Å². The van der Waals surface area contributed by atoms with E-state index in [1.807, 2.05) is 59.5 Å². The number of nitrogens with zero attached hydrogens (tertiary/aromatic N) is 3. The van der Waals surface area contributed by atoms with Crippen LogP contribution < -0.4 is 4.90 Å². The quantitative estimate of drug-likeness (QED) is 0.228. The van der Waals surface area contributed by atoms with E-state index in [-0.39, 0.29) is 11.5 Å². The van der Waals surface area contributed by atoms with Crippen molar-refractivity contribution in [3.8, 4) is 22.3 Å². The minimum Gasteiger partial charge on any atom is -0.478 e. The molecule has 4 aromatic carbocycles. The van der Waals surface area contributed by atoms with E-state index < -0.39 is 5.97 Å². The van der Waals surface area contributed by atoms with Gasteiger partial charge in [-0.1, -0.05) is 78.3 Å². The van der Waals surface area contributed by atoms with Gasteiger partial charge in [-0.2, -0.15) is 0 Å². The van der Waals surface area contributed by atoms with Gasteiger partial charge in [0.1, 0.15) is 0 Å². The number of carbonyl (C=O) groups is 2. The number of rotatable bonds is 6. The molecular weight excluding hydrogens is 546 g/mol. The average Bonchev–Trinajstić information content (AvgIpc) is 3.26.